The average Bonchev–Trinajstić information content (AvgIpc) is 2.48. The third-order valence-corrected chi connectivity index (χ3v) is 3.43. The van der Waals surface area contributed by atoms with Crippen LogP contribution >= 0.6 is 0 Å². The van der Waals surface area contributed by atoms with Gasteiger partial charge in [0.25, 0.3) is 0 Å². The van der Waals surface area contributed by atoms with Crippen LogP contribution < -0.4 is 10.2 Å². The minimum absolute atomic E-state index is 0.0174. The van der Waals surface area contributed by atoms with Crippen LogP contribution in [0.1, 0.15) is 20.3 Å². The quantitative estimate of drug-likeness (QED) is 0.817. The first-order valence-electron chi connectivity index (χ1n) is 7.53. The fourth-order valence-electron chi connectivity index (χ4n) is 2.34. The molecule has 1 heterocycles. The van der Waals surface area contributed by atoms with Crippen LogP contribution in [0.15, 0.2) is 24.3 Å². The number of ether oxygens (including phenoxy) is 2. The summed E-state index contributed by atoms with van der Waals surface area (Å²) in [6.45, 7) is 7.68. The van der Waals surface area contributed by atoms with Crippen LogP contribution in [0.25, 0.3) is 0 Å². The molecule has 1 aliphatic heterocycles. The number of amides is 1. The molecule has 0 saturated carbocycles. The molecule has 1 N–H and O–H groups in total. The Morgan fingerprint density at radius 1 is 1.43 bits per heavy atom. The summed E-state index contributed by atoms with van der Waals surface area (Å²) in [6.07, 6.45) is 0.646. The van der Waals surface area contributed by atoms with Gasteiger partial charge in [0.1, 0.15) is 0 Å². The zero-order valence-corrected chi connectivity index (χ0v) is 12.8. The van der Waals surface area contributed by atoms with Gasteiger partial charge in [-0.25, -0.2) is 0 Å². The molecule has 1 fully saturated rings. The van der Waals surface area contributed by atoms with Crippen molar-refractivity contribution in [1.29, 1.82) is 0 Å². The number of nitrogens with zero attached hydrogens (tertiary/aromatic N) is 1. The molecule has 2 rings (SSSR count). The van der Waals surface area contributed by atoms with Crippen molar-refractivity contribution in [3.05, 3.63) is 24.3 Å². The minimum Gasteiger partial charge on any atom is -0.381 e. The summed E-state index contributed by atoms with van der Waals surface area (Å²) in [4.78, 5) is 14.0. The number of morpholine rings is 1. The van der Waals surface area contributed by atoms with E-state index in [1.807, 2.05) is 31.2 Å². The summed E-state index contributed by atoms with van der Waals surface area (Å²) >= 11 is 0. The van der Waals surface area contributed by atoms with Gasteiger partial charge < -0.3 is 19.7 Å². The Hall–Kier alpha value is -1.59. The van der Waals surface area contributed by atoms with Crippen LogP contribution in [0.2, 0.25) is 0 Å². The van der Waals surface area contributed by atoms with Gasteiger partial charge in [0.15, 0.2) is 0 Å². The zero-order chi connectivity index (χ0) is 15.1. The van der Waals surface area contributed by atoms with Crippen molar-refractivity contribution in [1.82, 2.24) is 0 Å². The maximum absolute atomic E-state index is 11.7. The SMILES string of the molecule is CCOCCC(=O)Nc1ccc(N2CCO[C@H](C)C2)cc1. The summed E-state index contributed by atoms with van der Waals surface area (Å²) < 4.78 is 10.7. The van der Waals surface area contributed by atoms with Gasteiger partial charge in [-0.1, -0.05) is 0 Å². The standard InChI is InChI=1S/C16H24N2O3/c1-3-20-10-8-16(19)17-14-4-6-15(7-5-14)18-9-11-21-13(2)12-18/h4-7,13H,3,8-12H2,1-2H3,(H,17,19)/t13-/m1/s1. The van der Waals surface area contributed by atoms with E-state index in [1.54, 1.807) is 0 Å². The van der Waals surface area contributed by atoms with Crippen LogP contribution in [0.3, 0.4) is 0 Å². The summed E-state index contributed by atoms with van der Waals surface area (Å²) in [5.41, 5.74) is 1.99. The third kappa shape index (κ3) is 5.02. The highest BCUT2D eigenvalue weighted by Gasteiger charge is 2.16. The fourth-order valence-corrected chi connectivity index (χ4v) is 2.34. The van der Waals surface area contributed by atoms with Crippen molar-refractivity contribution >= 4 is 17.3 Å². The van der Waals surface area contributed by atoms with E-state index in [0.29, 0.717) is 19.6 Å². The lowest BCUT2D eigenvalue weighted by molar-refractivity contribution is -0.117. The van der Waals surface area contributed by atoms with Gasteiger partial charge >= 0.3 is 0 Å². The Morgan fingerprint density at radius 2 is 2.19 bits per heavy atom. The van der Waals surface area contributed by atoms with Crippen LogP contribution in [0.4, 0.5) is 11.4 Å². The van der Waals surface area contributed by atoms with Crippen molar-refractivity contribution in [2.24, 2.45) is 0 Å². The largest absolute Gasteiger partial charge is 0.381 e. The molecule has 1 aliphatic rings. The van der Waals surface area contributed by atoms with E-state index < -0.39 is 0 Å². The smallest absolute Gasteiger partial charge is 0.226 e. The second-order valence-corrected chi connectivity index (χ2v) is 5.17. The van der Waals surface area contributed by atoms with Gasteiger partial charge in [0, 0.05) is 31.1 Å². The Labute approximate surface area is 126 Å². The van der Waals surface area contributed by atoms with Gasteiger partial charge in [0.2, 0.25) is 5.91 Å². The third-order valence-electron chi connectivity index (χ3n) is 3.43. The maximum atomic E-state index is 11.7. The first kappa shape index (κ1) is 15.8. The Bertz CT molecular complexity index is 447. The predicted octanol–water partition coefficient (Wildman–Crippen LogP) is 2.28. The van der Waals surface area contributed by atoms with Crippen LogP contribution in [0.5, 0.6) is 0 Å². The number of carbonyl (C=O) groups excluding carboxylic acids is 1. The van der Waals surface area contributed by atoms with Crippen molar-refractivity contribution in [2.75, 3.05) is 43.1 Å². The molecule has 1 aromatic carbocycles. The van der Waals surface area contributed by atoms with Crippen molar-refractivity contribution < 1.29 is 14.3 Å². The van der Waals surface area contributed by atoms with Gasteiger partial charge in [-0.3, -0.25) is 4.79 Å². The van der Waals surface area contributed by atoms with E-state index in [-0.39, 0.29) is 12.0 Å². The van der Waals surface area contributed by atoms with E-state index in [4.69, 9.17) is 9.47 Å². The Kier molecular flexibility index (Phi) is 6.02. The van der Waals surface area contributed by atoms with Crippen LogP contribution in [0, 0.1) is 0 Å². The minimum atomic E-state index is -0.0174. The van der Waals surface area contributed by atoms with Gasteiger partial charge in [-0.15, -0.1) is 0 Å². The molecule has 0 unspecified atom stereocenters. The number of hydrogen-bond donors (Lipinski definition) is 1. The molecule has 1 atom stereocenters. The van der Waals surface area contributed by atoms with Crippen LogP contribution in [-0.2, 0) is 14.3 Å². The lowest BCUT2D eigenvalue weighted by Crippen LogP contribution is -2.41. The Morgan fingerprint density at radius 3 is 2.86 bits per heavy atom. The van der Waals surface area contributed by atoms with E-state index in [1.165, 1.54) is 0 Å². The zero-order valence-electron chi connectivity index (χ0n) is 12.8. The predicted molar refractivity (Wildman–Crippen MR) is 83.8 cm³/mol. The lowest BCUT2D eigenvalue weighted by Gasteiger charge is -2.33. The molecule has 1 saturated heterocycles. The molecule has 0 radical (unpaired) electrons. The number of carbonyl (C=O) groups is 1. The van der Waals surface area contributed by atoms with Crippen molar-refractivity contribution in [3.63, 3.8) is 0 Å². The highest BCUT2D eigenvalue weighted by atomic mass is 16.5. The molecular weight excluding hydrogens is 268 g/mol. The summed E-state index contributed by atoms with van der Waals surface area (Å²) in [5.74, 6) is -0.0174. The first-order chi connectivity index (χ1) is 10.2. The molecule has 1 aromatic rings. The second kappa shape index (κ2) is 8.00. The molecule has 0 bridgehead atoms. The molecular formula is C16H24N2O3. The molecule has 1 amide bonds. The topological polar surface area (TPSA) is 50.8 Å². The number of benzene rings is 1. The van der Waals surface area contributed by atoms with Gasteiger partial charge in [-0.2, -0.15) is 0 Å². The van der Waals surface area contributed by atoms with E-state index in [2.05, 4.69) is 17.1 Å². The lowest BCUT2D eigenvalue weighted by atomic mass is 10.2. The number of nitrogens with one attached hydrogen (secondary N) is 1. The monoisotopic (exact) mass is 292 g/mol. The highest BCUT2D eigenvalue weighted by Crippen LogP contribution is 2.20. The van der Waals surface area contributed by atoms with Gasteiger partial charge in [-0.05, 0) is 38.1 Å². The molecule has 5 heteroatoms. The van der Waals surface area contributed by atoms with Crippen molar-refractivity contribution in [3.8, 4) is 0 Å². The van der Waals surface area contributed by atoms with Gasteiger partial charge in [0.05, 0.1) is 25.7 Å². The average molecular weight is 292 g/mol. The molecule has 0 aromatic heterocycles. The van der Waals surface area contributed by atoms with E-state index in [0.717, 1.165) is 31.1 Å². The molecule has 0 spiro atoms. The van der Waals surface area contributed by atoms with E-state index in [9.17, 15) is 4.79 Å². The second-order valence-electron chi connectivity index (χ2n) is 5.17. The number of hydrogen-bond acceptors (Lipinski definition) is 4. The van der Waals surface area contributed by atoms with Crippen LogP contribution in [-0.4, -0.2) is 44.9 Å². The molecule has 0 aliphatic carbocycles. The fraction of sp³-hybridized carbons (Fsp3) is 0.562. The molecule has 21 heavy (non-hydrogen) atoms. The summed E-state index contributed by atoms with van der Waals surface area (Å²) in [5, 5.41) is 2.88. The number of rotatable bonds is 6. The first-order valence-corrected chi connectivity index (χ1v) is 7.53. The van der Waals surface area contributed by atoms with Crippen molar-refractivity contribution in [2.45, 2.75) is 26.4 Å². The normalized spacial score (nSPS) is 18.6. The Balaban J connectivity index is 1.85. The summed E-state index contributed by atoms with van der Waals surface area (Å²) in [7, 11) is 0. The molecule has 5 nitrogen and oxygen atoms in total. The number of anilines is 2. The maximum Gasteiger partial charge on any atom is 0.226 e. The highest BCUT2D eigenvalue weighted by molar-refractivity contribution is 5.90. The molecule has 116 valence electrons. The summed E-state index contributed by atoms with van der Waals surface area (Å²) in [6, 6.07) is 7.95. The van der Waals surface area contributed by atoms with E-state index >= 15 is 0 Å².